The molecular weight excluding hydrogens is 465 g/mol. The van der Waals surface area contributed by atoms with E-state index in [4.69, 9.17) is 0 Å². The normalized spacial score (nSPS) is 17.5. The number of likely N-dealkylation sites (tertiary alicyclic amines) is 1. The van der Waals surface area contributed by atoms with Gasteiger partial charge in [0.2, 0.25) is 0 Å². The number of benzene rings is 1. The summed E-state index contributed by atoms with van der Waals surface area (Å²) in [5, 5.41) is 9.41. The van der Waals surface area contributed by atoms with Gasteiger partial charge in [0.15, 0.2) is 5.96 Å². The van der Waals surface area contributed by atoms with Gasteiger partial charge in [0.1, 0.15) is 0 Å². The summed E-state index contributed by atoms with van der Waals surface area (Å²) in [5.74, 6) is 0.755. The van der Waals surface area contributed by atoms with Crippen LogP contribution in [0.2, 0.25) is 0 Å². The fraction of sp³-hybridized carbons (Fsp3) is 0.619. The van der Waals surface area contributed by atoms with Crippen molar-refractivity contribution in [1.29, 1.82) is 0 Å². The molecule has 1 atom stereocenters. The summed E-state index contributed by atoms with van der Waals surface area (Å²) in [6.45, 7) is 8.87. The molecule has 7 heteroatoms. The van der Waals surface area contributed by atoms with Crippen molar-refractivity contribution in [3.8, 4) is 0 Å². The third kappa shape index (κ3) is 7.95. The molecule has 1 amide bonds. The van der Waals surface area contributed by atoms with Gasteiger partial charge in [0.05, 0.1) is 6.54 Å². The monoisotopic (exact) mass is 501 g/mol. The van der Waals surface area contributed by atoms with E-state index in [0.29, 0.717) is 12.1 Å². The first-order valence-corrected chi connectivity index (χ1v) is 10.2. The average Bonchev–Trinajstić information content (AvgIpc) is 2.72. The molecule has 28 heavy (non-hydrogen) atoms. The Morgan fingerprint density at radius 1 is 1.25 bits per heavy atom. The SMILES string of the molecule is CCNC(=NCc1cccc(C(=O)NC)c1)NCCN1CCCCC1CC.I. The molecule has 1 saturated heterocycles. The lowest BCUT2D eigenvalue weighted by Gasteiger charge is -2.35. The van der Waals surface area contributed by atoms with Crippen LogP contribution >= 0.6 is 24.0 Å². The highest BCUT2D eigenvalue weighted by molar-refractivity contribution is 14.0. The summed E-state index contributed by atoms with van der Waals surface area (Å²) >= 11 is 0. The quantitative estimate of drug-likeness (QED) is 0.291. The smallest absolute Gasteiger partial charge is 0.251 e. The summed E-state index contributed by atoms with van der Waals surface area (Å²) in [6.07, 6.45) is 5.23. The number of nitrogens with one attached hydrogen (secondary N) is 3. The molecule has 0 aromatic heterocycles. The van der Waals surface area contributed by atoms with Crippen molar-refractivity contribution in [2.24, 2.45) is 4.99 Å². The molecule has 0 spiro atoms. The second kappa shape index (κ2) is 13.8. The lowest BCUT2D eigenvalue weighted by Crippen LogP contribution is -2.45. The topological polar surface area (TPSA) is 68.8 Å². The maximum absolute atomic E-state index is 11.8. The van der Waals surface area contributed by atoms with E-state index in [0.717, 1.165) is 37.2 Å². The van der Waals surface area contributed by atoms with Crippen molar-refractivity contribution in [3.63, 3.8) is 0 Å². The zero-order valence-electron chi connectivity index (χ0n) is 17.5. The maximum atomic E-state index is 11.8. The zero-order chi connectivity index (χ0) is 19.5. The fourth-order valence-corrected chi connectivity index (χ4v) is 3.60. The predicted octanol–water partition coefficient (Wildman–Crippen LogP) is 2.98. The summed E-state index contributed by atoms with van der Waals surface area (Å²) in [6, 6.07) is 8.34. The Morgan fingerprint density at radius 3 is 2.79 bits per heavy atom. The highest BCUT2D eigenvalue weighted by atomic mass is 127. The molecule has 2 rings (SSSR count). The van der Waals surface area contributed by atoms with Gasteiger partial charge in [-0.1, -0.05) is 25.5 Å². The van der Waals surface area contributed by atoms with Crippen molar-refractivity contribution in [1.82, 2.24) is 20.9 Å². The molecule has 0 radical (unpaired) electrons. The molecule has 6 nitrogen and oxygen atoms in total. The number of hydrogen-bond donors (Lipinski definition) is 3. The van der Waals surface area contributed by atoms with Crippen LogP contribution in [0.25, 0.3) is 0 Å². The molecule has 0 saturated carbocycles. The molecule has 1 fully saturated rings. The van der Waals surface area contributed by atoms with Gasteiger partial charge in [0, 0.05) is 38.3 Å². The van der Waals surface area contributed by atoms with Gasteiger partial charge in [-0.3, -0.25) is 9.69 Å². The summed E-state index contributed by atoms with van der Waals surface area (Å²) in [7, 11) is 1.64. The van der Waals surface area contributed by atoms with Crippen LogP contribution in [0.1, 0.15) is 55.5 Å². The number of carbonyl (C=O) groups is 1. The molecular formula is C21H36IN5O. The van der Waals surface area contributed by atoms with E-state index in [-0.39, 0.29) is 29.9 Å². The summed E-state index contributed by atoms with van der Waals surface area (Å²) in [4.78, 5) is 19.1. The number of guanidine groups is 1. The van der Waals surface area contributed by atoms with Gasteiger partial charge in [-0.25, -0.2) is 4.99 Å². The van der Waals surface area contributed by atoms with Gasteiger partial charge in [-0.05, 0) is 50.4 Å². The van der Waals surface area contributed by atoms with E-state index in [9.17, 15) is 4.79 Å². The number of amides is 1. The van der Waals surface area contributed by atoms with Crippen molar-refractivity contribution in [3.05, 3.63) is 35.4 Å². The Labute approximate surface area is 187 Å². The molecule has 1 unspecified atom stereocenters. The second-order valence-corrected chi connectivity index (χ2v) is 7.00. The standard InChI is InChI=1S/C21H35N5O.HI/c1-4-19-11-6-7-13-26(19)14-12-24-21(23-5-2)25-16-17-9-8-10-18(15-17)20(27)22-3;/h8-10,15,19H,4-7,11-14,16H2,1-3H3,(H,22,27)(H2,23,24,25);1H. The highest BCUT2D eigenvalue weighted by Gasteiger charge is 2.19. The number of halogens is 1. The van der Waals surface area contributed by atoms with Crippen molar-refractivity contribution in [2.75, 3.05) is 33.2 Å². The van der Waals surface area contributed by atoms with Crippen LogP contribution in [-0.2, 0) is 6.54 Å². The number of aliphatic imine (C=N–C) groups is 1. The molecule has 0 bridgehead atoms. The maximum Gasteiger partial charge on any atom is 0.251 e. The number of nitrogens with zero attached hydrogens (tertiary/aromatic N) is 2. The number of rotatable bonds is 8. The van der Waals surface area contributed by atoms with E-state index < -0.39 is 0 Å². The Balaban J connectivity index is 0.00000392. The molecule has 1 aliphatic heterocycles. The molecule has 1 aromatic rings. The van der Waals surface area contributed by atoms with Gasteiger partial charge >= 0.3 is 0 Å². The molecule has 3 N–H and O–H groups in total. The van der Waals surface area contributed by atoms with Crippen molar-refractivity contribution in [2.45, 2.75) is 52.1 Å². The Hall–Kier alpha value is -1.35. The van der Waals surface area contributed by atoms with E-state index in [1.807, 2.05) is 24.3 Å². The van der Waals surface area contributed by atoms with Crippen molar-refractivity contribution < 1.29 is 4.79 Å². The largest absolute Gasteiger partial charge is 0.357 e. The predicted molar refractivity (Wildman–Crippen MR) is 128 cm³/mol. The number of hydrogen-bond acceptors (Lipinski definition) is 3. The van der Waals surface area contributed by atoms with E-state index in [1.165, 1.54) is 32.2 Å². The third-order valence-electron chi connectivity index (χ3n) is 5.09. The fourth-order valence-electron chi connectivity index (χ4n) is 3.60. The van der Waals surface area contributed by atoms with Crippen molar-refractivity contribution >= 4 is 35.8 Å². The molecule has 1 heterocycles. The highest BCUT2D eigenvalue weighted by Crippen LogP contribution is 2.18. The van der Waals surface area contributed by atoms with E-state index in [2.05, 4.69) is 39.7 Å². The minimum atomic E-state index is -0.0714. The van der Waals surface area contributed by atoms with Crippen LogP contribution in [0.3, 0.4) is 0 Å². The molecule has 1 aliphatic rings. The zero-order valence-corrected chi connectivity index (χ0v) is 19.8. The molecule has 1 aromatic carbocycles. The molecule has 0 aliphatic carbocycles. The lowest BCUT2D eigenvalue weighted by atomic mass is 10.0. The van der Waals surface area contributed by atoms with Crippen LogP contribution in [-0.4, -0.2) is 56.0 Å². The van der Waals surface area contributed by atoms with Crippen LogP contribution in [0.5, 0.6) is 0 Å². The van der Waals surface area contributed by atoms with Gasteiger partial charge in [0.25, 0.3) is 5.91 Å². The Kier molecular flexibility index (Phi) is 12.1. The van der Waals surface area contributed by atoms with Gasteiger partial charge in [-0.2, -0.15) is 0 Å². The average molecular weight is 501 g/mol. The van der Waals surface area contributed by atoms with Crippen LogP contribution in [0.15, 0.2) is 29.3 Å². The third-order valence-corrected chi connectivity index (χ3v) is 5.09. The Bertz CT molecular complexity index is 623. The first-order chi connectivity index (χ1) is 13.2. The summed E-state index contributed by atoms with van der Waals surface area (Å²) in [5.41, 5.74) is 1.69. The van der Waals surface area contributed by atoms with Gasteiger partial charge in [-0.15, -0.1) is 24.0 Å². The Morgan fingerprint density at radius 2 is 2.07 bits per heavy atom. The lowest BCUT2D eigenvalue weighted by molar-refractivity contribution is 0.0963. The van der Waals surface area contributed by atoms with Crippen LogP contribution < -0.4 is 16.0 Å². The second-order valence-electron chi connectivity index (χ2n) is 7.00. The van der Waals surface area contributed by atoms with Crippen LogP contribution in [0.4, 0.5) is 0 Å². The van der Waals surface area contributed by atoms with E-state index in [1.54, 1.807) is 7.05 Å². The number of piperidine rings is 1. The van der Waals surface area contributed by atoms with E-state index >= 15 is 0 Å². The van der Waals surface area contributed by atoms with Gasteiger partial charge < -0.3 is 16.0 Å². The first kappa shape index (κ1) is 24.7. The first-order valence-electron chi connectivity index (χ1n) is 10.2. The minimum Gasteiger partial charge on any atom is -0.357 e. The summed E-state index contributed by atoms with van der Waals surface area (Å²) < 4.78 is 0. The minimum absolute atomic E-state index is 0. The van der Waals surface area contributed by atoms with Crippen LogP contribution in [0, 0.1) is 0 Å². The molecule has 158 valence electrons. The number of carbonyl (C=O) groups excluding carboxylic acids is 1.